The summed E-state index contributed by atoms with van der Waals surface area (Å²) in [4.78, 5) is 22.0. The Labute approximate surface area is 144 Å². The molecule has 0 atom stereocenters. The number of nitrogens with one attached hydrogen (secondary N) is 2. The predicted octanol–water partition coefficient (Wildman–Crippen LogP) is 4.16. The molecule has 4 rings (SSSR count). The molecule has 1 saturated heterocycles. The summed E-state index contributed by atoms with van der Waals surface area (Å²) in [6.07, 6.45) is 0. The van der Waals surface area contributed by atoms with Crippen LogP contribution < -0.4 is 5.32 Å². The smallest absolute Gasteiger partial charge is 0.321 e. The van der Waals surface area contributed by atoms with Crippen LogP contribution in [-0.2, 0) is 0 Å². The minimum atomic E-state index is -0.111. The molecule has 1 fully saturated rings. The van der Waals surface area contributed by atoms with Gasteiger partial charge in [0.1, 0.15) is 5.82 Å². The van der Waals surface area contributed by atoms with Crippen LogP contribution in [0.1, 0.15) is 17.3 Å². The third-order valence-corrected chi connectivity index (χ3v) is 4.52. The molecule has 5 nitrogen and oxygen atoms in total. The summed E-state index contributed by atoms with van der Waals surface area (Å²) in [6.45, 7) is 3.38. The van der Waals surface area contributed by atoms with E-state index in [1.54, 1.807) is 17.0 Å². The maximum atomic E-state index is 12.2. The van der Waals surface area contributed by atoms with Gasteiger partial charge in [0.25, 0.3) is 0 Å². The number of H-pyrrole nitrogens is 1. The molecule has 0 radical (unpaired) electrons. The van der Waals surface area contributed by atoms with Crippen LogP contribution in [0, 0.1) is 6.92 Å². The molecule has 6 heteroatoms. The molecule has 0 aliphatic carbocycles. The number of imidazole rings is 1. The first-order valence-corrected chi connectivity index (χ1v) is 8.24. The Morgan fingerprint density at radius 1 is 1.29 bits per heavy atom. The van der Waals surface area contributed by atoms with Gasteiger partial charge in [0.05, 0.1) is 17.0 Å². The number of benzene rings is 2. The van der Waals surface area contributed by atoms with Crippen LogP contribution in [0.3, 0.4) is 0 Å². The predicted molar refractivity (Wildman–Crippen MR) is 95.6 cm³/mol. The number of carbonyl (C=O) groups excluding carboxylic acids is 1. The van der Waals surface area contributed by atoms with E-state index >= 15 is 0 Å². The maximum Gasteiger partial charge on any atom is 0.321 e. The van der Waals surface area contributed by atoms with Crippen molar-refractivity contribution in [3.8, 4) is 0 Å². The number of halogens is 1. The second-order valence-corrected chi connectivity index (χ2v) is 6.62. The second kappa shape index (κ2) is 5.83. The summed E-state index contributed by atoms with van der Waals surface area (Å²) >= 11 is 5.93. The Morgan fingerprint density at radius 3 is 2.92 bits per heavy atom. The van der Waals surface area contributed by atoms with Crippen molar-refractivity contribution in [1.29, 1.82) is 0 Å². The van der Waals surface area contributed by atoms with E-state index in [1.807, 2.05) is 18.2 Å². The van der Waals surface area contributed by atoms with Gasteiger partial charge < -0.3 is 15.2 Å². The summed E-state index contributed by atoms with van der Waals surface area (Å²) in [5.74, 6) is 1.20. The third-order valence-electron chi connectivity index (χ3n) is 4.29. The van der Waals surface area contributed by atoms with Crippen molar-refractivity contribution in [3.63, 3.8) is 0 Å². The van der Waals surface area contributed by atoms with E-state index in [4.69, 9.17) is 11.6 Å². The fourth-order valence-electron chi connectivity index (χ4n) is 2.92. The van der Waals surface area contributed by atoms with Crippen molar-refractivity contribution in [2.75, 3.05) is 18.4 Å². The van der Waals surface area contributed by atoms with Crippen molar-refractivity contribution in [2.45, 2.75) is 12.8 Å². The first-order valence-electron chi connectivity index (χ1n) is 7.86. The van der Waals surface area contributed by atoms with Gasteiger partial charge in [0.15, 0.2) is 0 Å². The number of carbonyl (C=O) groups is 1. The molecule has 1 aromatic heterocycles. The Morgan fingerprint density at radius 2 is 2.12 bits per heavy atom. The summed E-state index contributed by atoms with van der Waals surface area (Å²) in [7, 11) is 0. The van der Waals surface area contributed by atoms with E-state index in [9.17, 15) is 4.79 Å². The SMILES string of the molecule is Cc1ccc2nc(C3CN(C(=O)Nc4cccc(Cl)c4)C3)[nH]c2c1. The number of likely N-dealkylation sites (tertiary alicyclic amines) is 1. The lowest BCUT2D eigenvalue weighted by Crippen LogP contribution is -2.50. The zero-order valence-corrected chi connectivity index (χ0v) is 14.0. The van der Waals surface area contributed by atoms with E-state index in [0.717, 1.165) is 16.9 Å². The molecule has 1 aliphatic heterocycles. The zero-order chi connectivity index (χ0) is 16.7. The van der Waals surface area contributed by atoms with Crippen molar-refractivity contribution in [3.05, 3.63) is 58.9 Å². The number of anilines is 1. The first-order chi connectivity index (χ1) is 11.6. The van der Waals surface area contributed by atoms with Crippen LogP contribution >= 0.6 is 11.6 Å². The first kappa shape index (κ1) is 15.0. The van der Waals surface area contributed by atoms with Crippen LogP contribution in [0.25, 0.3) is 11.0 Å². The number of aromatic amines is 1. The van der Waals surface area contributed by atoms with Gasteiger partial charge in [-0.3, -0.25) is 0 Å². The van der Waals surface area contributed by atoms with E-state index in [2.05, 4.69) is 34.3 Å². The Balaban J connectivity index is 1.40. The molecule has 0 saturated carbocycles. The van der Waals surface area contributed by atoms with E-state index in [-0.39, 0.29) is 11.9 Å². The van der Waals surface area contributed by atoms with Gasteiger partial charge in [-0.25, -0.2) is 9.78 Å². The number of rotatable bonds is 2. The lowest BCUT2D eigenvalue weighted by atomic mass is 10.0. The molecule has 0 unspecified atom stereocenters. The highest BCUT2D eigenvalue weighted by atomic mass is 35.5. The number of hydrogen-bond donors (Lipinski definition) is 2. The second-order valence-electron chi connectivity index (χ2n) is 6.19. The van der Waals surface area contributed by atoms with Crippen molar-refractivity contribution in [2.24, 2.45) is 0 Å². The quantitative estimate of drug-likeness (QED) is 0.736. The van der Waals surface area contributed by atoms with Crippen molar-refractivity contribution in [1.82, 2.24) is 14.9 Å². The lowest BCUT2D eigenvalue weighted by molar-refractivity contribution is 0.161. The fourth-order valence-corrected chi connectivity index (χ4v) is 3.11. The number of aryl methyl sites for hydroxylation is 1. The number of aromatic nitrogens is 2. The molecule has 3 aromatic rings. The van der Waals surface area contributed by atoms with Crippen LogP contribution in [0.5, 0.6) is 0 Å². The summed E-state index contributed by atoms with van der Waals surface area (Å²) in [5.41, 5.74) is 3.92. The number of hydrogen-bond acceptors (Lipinski definition) is 2. The minimum absolute atomic E-state index is 0.111. The summed E-state index contributed by atoms with van der Waals surface area (Å²) < 4.78 is 0. The normalized spacial score (nSPS) is 14.7. The van der Waals surface area contributed by atoms with Crippen LogP contribution in [0.2, 0.25) is 5.02 Å². The van der Waals surface area contributed by atoms with E-state index in [1.165, 1.54) is 5.56 Å². The summed E-state index contributed by atoms with van der Waals surface area (Å²) in [5, 5.41) is 3.47. The Bertz CT molecular complexity index is 914. The summed E-state index contributed by atoms with van der Waals surface area (Å²) in [6, 6.07) is 13.2. The highest BCUT2D eigenvalue weighted by molar-refractivity contribution is 6.30. The fraction of sp³-hybridized carbons (Fsp3) is 0.222. The van der Waals surface area contributed by atoms with Gasteiger partial charge in [-0.1, -0.05) is 23.7 Å². The third kappa shape index (κ3) is 2.83. The van der Waals surface area contributed by atoms with Gasteiger partial charge in [-0.2, -0.15) is 0 Å². The van der Waals surface area contributed by atoms with E-state index < -0.39 is 0 Å². The minimum Gasteiger partial charge on any atom is -0.342 e. The highest BCUT2D eigenvalue weighted by Gasteiger charge is 2.33. The zero-order valence-electron chi connectivity index (χ0n) is 13.2. The molecule has 24 heavy (non-hydrogen) atoms. The molecule has 0 spiro atoms. The number of amides is 2. The van der Waals surface area contributed by atoms with Gasteiger partial charge in [-0.15, -0.1) is 0 Å². The van der Waals surface area contributed by atoms with Crippen LogP contribution in [-0.4, -0.2) is 34.0 Å². The van der Waals surface area contributed by atoms with Crippen molar-refractivity contribution < 1.29 is 4.79 Å². The molecule has 0 bridgehead atoms. The molecule has 2 aromatic carbocycles. The van der Waals surface area contributed by atoms with Gasteiger partial charge in [0.2, 0.25) is 0 Å². The van der Waals surface area contributed by atoms with Crippen LogP contribution in [0.15, 0.2) is 42.5 Å². The molecule has 2 N–H and O–H groups in total. The molecular weight excluding hydrogens is 324 g/mol. The molecule has 2 heterocycles. The number of nitrogens with zero attached hydrogens (tertiary/aromatic N) is 2. The van der Waals surface area contributed by atoms with Crippen LogP contribution in [0.4, 0.5) is 10.5 Å². The average Bonchev–Trinajstić information content (AvgIpc) is 2.88. The molecule has 122 valence electrons. The van der Waals surface area contributed by atoms with Gasteiger partial charge in [0, 0.05) is 23.8 Å². The Hall–Kier alpha value is -2.53. The average molecular weight is 341 g/mol. The number of urea groups is 1. The molecule has 1 aliphatic rings. The maximum absolute atomic E-state index is 12.2. The van der Waals surface area contributed by atoms with Gasteiger partial charge in [-0.05, 0) is 42.8 Å². The van der Waals surface area contributed by atoms with Gasteiger partial charge >= 0.3 is 6.03 Å². The largest absolute Gasteiger partial charge is 0.342 e. The Kier molecular flexibility index (Phi) is 3.65. The topological polar surface area (TPSA) is 61.0 Å². The highest BCUT2D eigenvalue weighted by Crippen LogP contribution is 2.28. The number of fused-ring (bicyclic) bond motifs is 1. The molecule has 2 amide bonds. The standard InChI is InChI=1S/C18H17ClN4O/c1-11-5-6-15-16(7-11)22-17(21-15)12-9-23(10-12)18(24)20-14-4-2-3-13(19)8-14/h2-8,12H,9-10H2,1H3,(H,20,24)(H,21,22). The van der Waals surface area contributed by atoms with Crippen molar-refractivity contribution >= 4 is 34.4 Å². The lowest BCUT2D eigenvalue weighted by Gasteiger charge is -2.37. The monoisotopic (exact) mass is 340 g/mol. The molecular formula is C18H17ClN4O. The van der Waals surface area contributed by atoms with E-state index in [0.29, 0.717) is 23.8 Å².